The molecule has 86 valence electrons. The fourth-order valence-electron chi connectivity index (χ4n) is 1.97. The van der Waals surface area contributed by atoms with E-state index < -0.39 is 36.1 Å². The van der Waals surface area contributed by atoms with Gasteiger partial charge in [0.1, 0.15) is 5.78 Å². The number of hydrogen-bond acceptors (Lipinski definition) is 5. The number of carboxylic acid groups (broad SMARTS) is 1. The highest BCUT2D eigenvalue weighted by atomic mass is 16.5. The first-order valence-electron chi connectivity index (χ1n) is 4.73. The zero-order chi connectivity index (χ0) is 12.3. The van der Waals surface area contributed by atoms with Gasteiger partial charge in [-0.1, -0.05) is 0 Å². The first-order chi connectivity index (χ1) is 7.51. The van der Waals surface area contributed by atoms with Crippen molar-refractivity contribution in [1.82, 2.24) is 0 Å². The van der Waals surface area contributed by atoms with Gasteiger partial charge in [0.05, 0.1) is 31.4 Å². The molecule has 6 nitrogen and oxygen atoms in total. The summed E-state index contributed by atoms with van der Waals surface area (Å²) in [7, 11) is 1.17. The van der Waals surface area contributed by atoms with Gasteiger partial charge in [-0.2, -0.15) is 5.26 Å². The lowest BCUT2D eigenvalue weighted by Gasteiger charge is -2.13. The van der Waals surface area contributed by atoms with Crippen LogP contribution in [0.2, 0.25) is 0 Å². The number of carbonyl (C=O) groups excluding carboxylic acids is 2. The maximum atomic E-state index is 11.5. The van der Waals surface area contributed by atoms with Crippen molar-refractivity contribution in [2.24, 2.45) is 17.8 Å². The fourth-order valence-corrected chi connectivity index (χ4v) is 1.97. The van der Waals surface area contributed by atoms with E-state index in [0.29, 0.717) is 0 Å². The number of hydrogen-bond donors (Lipinski definition) is 1. The third-order valence-electron chi connectivity index (χ3n) is 2.75. The molecule has 3 atom stereocenters. The molecule has 1 rings (SSSR count). The zero-order valence-electron chi connectivity index (χ0n) is 8.67. The predicted octanol–water partition coefficient (Wildman–Crippen LogP) is -0.0209. The van der Waals surface area contributed by atoms with Gasteiger partial charge < -0.3 is 9.84 Å². The number of ether oxygens (including phenoxy) is 1. The van der Waals surface area contributed by atoms with Crippen LogP contribution in [-0.2, 0) is 19.1 Å². The molecule has 0 aromatic heterocycles. The number of methoxy groups -OCH3 is 1. The fraction of sp³-hybridized carbons (Fsp3) is 0.600. The van der Waals surface area contributed by atoms with E-state index in [2.05, 4.69) is 4.74 Å². The van der Waals surface area contributed by atoms with Crippen molar-refractivity contribution in [3.63, 3.8) is 0 Å². The van der Waals surface area contributed by atoms with Crippen LogP contribution < -0.4 is 0 Å². The third kappa shape index (κ3) is 2.19. The van der Waals surface area contributed by atoms with Crippen molar-refractivity contribution in [3.05, 3.63) is 0 Å². The Morgan fingerprint density at radius 2 is 2.25 bits per heavy atom. The topological polar surface area (TPSA) is 104 Å². The average Bonchev–Trinajstić information content (AvgIpc) is 2.54. The van der Waals surface area contributed by atoms with E-state index in [9.17, 15) is 14.4 Å². The van der Waals surface area contributed by atoms with Crippen LogP contribution in [0.1, 0.15) is 12.8 Å². The Bertz CT molecular complexity index is 370. The highest BCUT2D eigenvalue weighted by molar-refractivity contribution is 5.93. The van der Waals surface area contributed by atoms with Crippen molar-refractivity contribution in [3.8, 4) is 6.07 Å². The Kier molecular flexibility index (Phi) is 3.61. The van der Waals surface area contributed by atoms with E-state index in [-0.39, 0.29) is 12.2 Å². The van der Waals surface area contributed by atoms with E-state index in [1.807, 2.05) is 6.07 Å². The molecule has 1 saturated carbocycles. The van der Waals surface area contributed by atoms with Gasteiger partial charge in [-0.15, -0.1) is 0 Å². The molecule has 16 heavy (non-hydrogen) atoms. The van der Waals surface area contributed by atoms with Crippen LogP contribution in [0.5, 0.6) is 0 Å². The monoisotopic (exact) mass is 225 g/mol. The van der Waals surface area contributed by atoms with E-state index in [0.717, 1.165) is 0 Å². The minimum Gasteiger partial charge on any atom is -0.481 e. The Labute approximate surface area is 91.8 Å². The van der Waals surface area contributed by atoms with Gasteiger partial charge in [0.25, 0.3) is 0 Å². The molecule has 0 saturated heterocycles. The van der Waals surface area contributed by atoms with Crippen molar-refractivity contribution < 1.29 is 24.2 Å². The van der Waals surface area contributed by atoms with Crippen molar-refractivity contribution in [2.75, 3.05) is 7.11 Å². The number of Topliss-reactive ketones (excluding diaryl/α,β-unsaturated/α-hetero) is 1. The minimum absolute atomic E-state index is 0.108. The second-order valence-corrected chi connectivity index (χ2v) is 3.66. The molecule has 0 heterocycles. The lowest BCUT2D eigenvalue weighted by Crippen LogP contribution is -2.24. The number of ketones is 1. The number of nitrogens with zero attached hydrogens (tertiary/aromatic N) is 1. The van der Waals surface area contributed by atoms with Crippen molar-refractivity contribution in [2.45, 2.75) is 12.8 Å². The number of carbonyl (C=O) groups is 3. The summed E-state index contributed by atoms with van der Waals surface area (Å²) in [6, 6.07) is 1.83. The van der Waals surface area contributed by atoms with Gasteiger partial charge in [0.15, 0.2) is 0 Å². The zero-order valence-corrected chi connectivity index (χ0v) is 8.67. The van der Waals surface area contributed by atoms with Crippen LogP contribution in [0.3, 0.4) is 0 Å². The molecule has 0 unspecified atom stereocenters. The maximum Gasteiger partial charge on any atom is 0.310 e. The molecule has 1 N–H and O–H groups in total. The third-order valence-corrected chi connectivity index (χ3v) is 2.75. The highest BCUT2D eigenvalue weighted by Crippen LogP contribution is 2.36. The van der Waals surface area contributed by atoms with Crippen molar-refractivity contribution >= 4 is 17.7 Å². The molecule has 0 radical (unpaired) electrons. The molecule has 0 aliphatic heterocycles. The largest absolute Gasteiger partial charge is 0.481 e. The first-order valence-corrected chi connectivity index (χ1v) is 4.73. The molecule has 6 heteroatoms. The molecule has 0 aromatic carbocycles. The van der Waals surface area contributed by atoms with Crippen LogP contribution >= 0.6 is 0 Å². The van der Waals surface area contributed by atoms with Gasteiger partial charge >= 0.3 is 11.9 Å². The van der Waals surface area contributed by atoms with E-state index in [1.54, 1.807) is 0 Å². The molecule has 0 amide bonds. The standard InChI is InChI=1S/C10H11NO5/c1-16-10(15)6-2-8(12)5(3-9(13)14)7(6)4-11/h5-7H,2-3H2,1H3,(H,13,14)/t5-,6-,7-/m1/s1. The predicted molar refractivity (Wildman–Crippen MR) is 50.0 cm³/mol. The molecule has 0 spiro atoms. The Hall–Kier alpha value is -1.90. The summed E-state index contributed by atoms with van der Waals surface area (Å²) in [4.78, 5) is 33.3. The Morgan fingerprint density at radius 3 is 2.69 bits per heavy atom. The molecule has 0 bridgehead atoms. The summed E-state index contributed by atoms with van der Waals surface area (Å²) in [5.74, 6) is -4.75. The summed E-state index contributed by atoms with van der Waals surface area (Å²) < 4.78 is 4.48. The number of carboxylic acids is 1. The van der Waals surface area contributed by atoms with Crippen LogP contribution in [0.25, 0.3) is 0 Å². The quantitative estimate of drug-likeness (QED) is 0.677. The lowest BCUT2D eigenvalue weighted by molar-refractivity contribution is -0.147. The number of aliphatic carboxylic acids is 1. The summed E-state index contributed by atoms with van der Waals surface area (Å²) in [6.45, 7) is 0. The minimum atomic E-state index is -1.15. The molecule has 1 fully saturated rings. The summed E-state index contributed by atoms with van der Waals surface area (Å²) in [5, 5.41) is 17.5. The smallest absolute Gasteiger partial charge is 0.310 e. The highest BCUT2D eigenvalue weighted by Gasteiger charge is 2.47. The molecular weight excluding hydrogens is 214 g/mol. The summed E-state index contributed by atoms with van der Waals surface area (Å²) in [6.07, 6.45) is -0.520. The normalized spacial score (nSPS) is 28.5. The molecule has 1 aliphatic rings. The number of nitriles is 1. The Morgan fingerprint density at radius 1 is 1.62 bits per heavy atom. The average molecular weight is 225 g/mol. The van der Waals surface area contributed by atoms with Crippen LogP contribution in [0.15, 0.2) is 0 Å². The summed E-state index contributed by atoms with van der Waals surface area (Å²) >= 11 is 0. The van der Waals surface area contributed by atoms with Crippen LogP contribution in [0.4, 0.5) is 0 Å². The maximum absolute atomic E-state index is 11.5. The molecule has 0 aromatic rings. The van der Waals surface area contributed by atoms with Gasteiger partial charge in [0.2, 0.25) is 0 Å². The van der Waals surface area contributed by atoms with E-state index in [1.165, 1.54) is 7.11 Å². The van der Waals surface area contributed by atoms with Gasteiger partial charge in [-0.25, -0.2) is 0 Å². The van der Waals surface area contributed by atoms with Crippen LogP contribution in [0, 0.1) is 29.1 Å². The Balaban J connectivity index is 2.88. The van der Waals surface area contributed by atoms with Gasteiger partial charge in [0, 0.05) is 12.3 Å². The van der Waals surface area contributed by atoms with Gasteiger partial charge in [-0.3, -0.25) is 14.4 Å². The first kappa shape index (κ1) is 12.2. The second-order valence-electron chi connectivity index (χ2n) is 3.66. The van der Waals surface area contributed by atoms with Crippen molar-refractivity contribution in [1.29, 1.82) is 5.26 Å². The van der Waals surface area contributed by atoms with E-state index in [4.69, 9.17) is 10.4 Å². The van der Waals surface area contributed by atoms with Gasteiger partial charge in [-0.05, 0) is 0 Å². The SMILES string of the molecule is COC(=O)[C@@H]1CC(=O)[C@H](CC(=O)O)[C@H]1C#N. The summed E-state index contributed by atoms with van der Waals surface area (Å²) in [5.41, 5.74) is 0. The second kappa shape index (κ2) is 4.75. The van der Waals surface area contributed by atoms with Crippen LogP contribution in [-0.4, -0.2) is 29.9 Å². The molecular formula is C10H11NO5. The molecule has 1 aliphatic carbocycles. The number of rotatable bonds is 3. The van der Waals surface area contributed by atoms with E-state index >= 15 is 0 Å². The lowest BCUT2D eigenvalue weighted by atomic mass is 9.88. The number of esters is 1.